The fourth-order valence-electron chi connectivity index (χ4n) is 2.99. The van der Waals surface area contributed by atoms with E-state index >= 15 is 0 Å². The molecule has 0 bridgehead atoms. The zero-order valence-electron chi connectivity index (χ0n) is 10.9. The van der Waals surface area contributed by atoms with E-state index in [1.165, 1.54) is 5.56 Å². The summed E-state index contributed by atoms with van der Waals surface area (Å²) < 4.78 is 1.08. The maximum Gasteiger partial charge on any atom is 0.226 e. The van der Waals surface area contributed by atoms with E-state index in [1.54, 1.807) is 0 Å². The molecule has 0 spiro atoms. The third-order valence-corrected chi connectivity index (χ3v) is 4.70. The molecule has 3 nitrogen and oxygen atoms in total. The molecule has 1 aliphatic carbocycles. The molecule has 1 aromatic carbocycles. The van der Waals surface area contributed by atoms with Crippen molar-refractivity contribution in [1.29, 1.82) is 0 Å². The zero-order valence-corrected chi connectivity index (χ0v) is 12.5. The molecule has 2 N–H and O–H groups in total. The Balaban J connectivity index is 1.62. The van der Waals surface area contributed by atoms with Crippen LogP contribution in [-0.2, 0) is 4.79 Å². The van der Waals surface area contributed by atoms with Gasteiger partial charge in [-0.1, -0.05) is 28.1 Å². The van der Waals surface area contributed by atoms with Gasteiger partial charge in [0.25, 0.3) is 0 Å². The first-order chi connectivity index (χ1) is 9.15. The number of piperidine rings is 1. The van der Waals surface area contributed by atoms with Gasteiger partial charge >= 0.3 is 0 Å². The van der Waals surface area contributed by atoms with Gasteiger partial charge in [-0.15, -0.1) is 0 Å². The van der Waals surface area contributed by atoms with Crippen LogP contribution in [0, 0.1) is 5.92 Å². The highest BCUT2D eigenvalue weighted by atomic mass is 79.9. The van der Waals surface area contributed by atoms with Crippen LogP contribution in [0.5, 0.6) is 0 Å². The molecule has 1 saturated heterocycles. The van der Waals surface area contributed by atoms with Crippen LogP contribution in [0.3, 0.4) is 0 Å². The standard InChI is InChI=1S/C15H19BrN2O/c16-11-5-3-10(4-6-11)13-8-14(13)15(19)18-7-1-2-12(17)9-18/h3-6,12-14H,1-2,7-9,17H2/t12-,13+,14+/m1/s1. The second-order valence-electron chi connectivity index (χ2n) is 5.69. The van der Waals surface area contributed by atoms with Crippen LogP contribution in [0.2, 0.25) is 0 Å². The first kappa shape index (κ1) is 13.1. The van der Waals surface area contributed by atoms with E-state index in [1.807, 2.05) is 17.0 Å². The first-order valence-corrected chi connectivity index (χ1v) is 7.74. The number of nitrogens with zero attached hydrogens (tertiary/aromatic N) is 1. The summed E-state index contributed by atoms with van der Waals surface area (Å²) in [6.07, 6.45) is 3.08. The van der Waals surface area contributed by atoms with Crippen LogP contribution >= 0.6 is 15.9 Å². The molecule has 1 aliphatic heterocycles. The zero-order chi connectivity index (χ0) is 13.4. The van der Waals surface area contributed by atoms with Crippen molar-refractivity contribution in [3.63, 3.8) is 0 Å². The molecule has 1 heterocycles. The van der Waals surface area contributed by atoms with Gasteiger partial charge in [0, 0.05) is 29.5 Å². The molecule has 0 aromatic heterocycles. The van der Waals surface area contributed by atoms with Crippen molar-refractivity contribution in [2.45, 2.75) is 31.2 Å². The summed E-state index contributed by atoms with van der Waals surface area (Å²) in [5, 5.41) is 0. The average Bonchev–Trinajstić information content (AvgIpc) is 3.19. The van der Waals surface area contributed by atoms with Crippen LogP contribution in [0.15, 0.2) is 28.7 Å². The van der Waals surface area contributed by atoms with Crippen LogP contribution < -0.4 is 5.73 Å². The summed E-state index contributed by atoms with van der Waals surface area (Å²) in [5.41, 5.74) is 7.23. The quantitative estimate of drug-likeness (QED) is 0.909. The molecule has 102 valence electrons. The maximum absolute atomic E-state index is 12.4. The largest absolute Gasteiger partial charge is 0.341 e. The number of carbonyl (C=O) groups excluding carboxylic acids is 1. The van der Waals surface area contributed by atoms with Gasteiger partial charge in [0.1, 0.15) is 0 Å². The van der Waals surface area contributed by atoms with Crippen LogP contribution in [-0.4, -0.2) is 29.9 Å². The number of halogens is 1. The molecular formula is C15H19BrN2O. The highest BCUT2D eigenvalue weighted by molar-refractivity contribution is 9.10. The maximum atomic E-state index is 12.4. The number of hydrogen-bond donors (Lipinski definition) is 1. The highest BCUT2D eigenvalue weighted by Gasteiger charge is 2.46. The number of amides is 1. The molecule has 19 heavy (non-hydrogen) atoms. The fraction of sp³-hybridized carbons (Fsp3) is 0.533. The molecule has 0 unspecified atom stereocenters. The summed E-state index contributed by atoms with van der Waals surface area (Å²) in [5.74, 6) is 0.910. The van der Waals surface area contributed by atoms with Crippen LogP contribution in [0.1, 0.15) is 30.7 Å². The number of likely N-dealkylation sites (tertiary alicyclic amines) is 1. The molecule has 2 aliphatic rings. The second-order valence-corrected chi connectivity index (χ2v) is 6.60. The third-order valence-electron chi connectivity index (χ3n) is 4.18. The van der Waals surface area contributed by atoms with Crippen molar-refractivity contribution < 1.29 is 4.79 Å². The predicted octanol–water partition coefficient (Wildman–Crippen LogP) is 2.50. The van der Waals surface area contributed by atoms with Crippen molar-refractivity contribution >= 4 is 21.8 Å². The van der Waals surface area contributed by atoms with E-state index in [-0.39, 0.29) is 12.0 Å². The summed E-state index contributed by atoms with van der Waals surface area (Å²) in [4.78, 5) is 14.4. The van der Waals surface area contributed by atoms with E-state index in [2.05, 4.69) is 28.1 Å². The average molecular weight is 323 g/mol. The first-order valence-electron chi connectivity index (χ1n) is 6.95. The molecular weight excluding hydrogens is 304 g/mol. The number of rotatable bonds is 2. The fourth-order valence-corrected chi connectivity index (χ4v) is 3.26. The van der Waals surface area contributed by atoms with Gasteiger partial charge in [-0.3, -0.25) is 4.79 Å². The third kappa shape index (κ3) is 2.84. The minimum atomic E-state index is 0.169. The predicted molar refractivity (Wildman–Crippen MR) is 78.8 cm³/mol. The monoisotopic (exact) mass is 322 g/mol. The normalized spacial score (nSPS) is 30.2. The van der Waals surface area contributed by atoms with Crippen molar-refractivity contribution in [1.82, 2.24) is 4.90 Å². The van der Waals surface area contributed by atoms with Crippen molar-refractivity contribution in [3.05, 3.63) is 34.3 Å². The Kier molecular flexibility index (Phi) is 3.63. The lowest BCUT2D eigenvalue weighted by molar-refractivity contribution is -0.133. The number of benzene rings is 1. The van der Waals surface area contributed by atoms with Crippen molar-refractivity contribution in [2.24, 2.45) is 11.7 Å². The lowest BCUT2D eigenvalue weighted by Crippen LogP contribution is -2.46. The van der Waals surface area contributed by atoms with Crippen molar-refractivity contribution in [2.75, 3.05) is 13.1 Å². The summed E-state index contributed by atoms with van der Waals surface area (Å²) >= 11 is 3.44. The van der Waals surface area contributed by atoms with Gasteiger partial charge in [0.15, 0.2) is 0 Å². The van der Waals surface area contributed by atoms with Gasteiger partial charge < -0.3 is 10.6 Å². The van der Waals surface area contributed by atoms with E-state index in [0.717, 1.165) is 36.8 Å². The van der Waals surface area contributed by atoms with E-state index in [9.17, 15) is 4.79 Å². The molecule has 3 rings (SSSR count). The number of carbonyl (C=O) groups is 1. The lowest BCUT2D eigenvalue weighted by atomic mass is 10.0. The van der Waals surface area contributed by atoms with Gasteiger partial charge in [-0.2, -0.15) is 0 Å². The second kappa shape index (κ2) is 5.25. The topological polar surface area (TPSA) is 46.3 Å². The van der Waals surface area contributed by atoms with Crippen molar-refractivity contribution in [3.8, 4) is 0 Å². The molecule has 0 radical (unpaired) electrons. The van der Waals surface area contributed by atoms with Gasteiger partial charge in [-0.05, 0) is 42.9 Å². The minimum absolute atomic E-state index is 0.169. The minimum Gasteiger partial charge on any atom is -0.341 e. The van der Waals surface area contributed by atoms with Gasteiger partial charge in [0.05, 0.1) is 0 Å². The van der Waals surface area contributed by atoms with Crippen LogP contribution in [0.4, 0.5) is 0 Å². The number of nitrogens with two attached hydrogens (primary N) is 1. The molecule has 2 fully saturated rings. The molecule has 1 aromatic rings. The molecule has 1 saturated carbocycles. The summed E-state index contributed by atoms with van der Waals surface area (Å²) in [6.45, 7) is 1.62. The number of hydrogen-bond acceptors (Lipinski definition) is 2. The van der Waals surface area contributed by atoms with E-state index in [4.69, 9.17) is 5.73 Å². The lowest BCUT2D eigenvalue weighted by Gasteiger charge is -2.31. The summed E-state index contributed by atoms with van der Waals surface area (Å²) in [7, 11) is 0. The Morgan fingerprint density at radius 2 is 2.05 bits per heavy atom. The Morgan fingerprint density at radius 3 is 2.74 bits per heavy atom. The summed E-state index contributed by atoms with van der Waals surface area (Å²) in [6, 6.07) is 8.49. The highest BCUT2D eigenvalue weighted by Crippen LogP contribution is 2.48. The molecule has 1 amide bonds. The Hall–Kier alpha value is -0.870. The van der Waals surface area contributed by atoms with Crippen LogP contribution in [0.25, 0.3) is 0 Å². The Bertz CT molecular complexity index is 474. The van der Waals surface area contributed by atoms with Gasteiger partial charge in [-0.25, -0.2) is 0 Å². The molecule has 3 atom stereocenters. The van der Waals surface area contributed by atoms with E-state index in [0.29, 0.717) is 11.8 Å². The smallest absolute Gasteiger partial charge is 0.226 e. The van der Waals surface area contributed by atoms with E-state index < -0.39 is 0 Å². The SMILES string of the molecule is N[C@@H]1CCCN(C(=O)[C@H]2C[C@H]2c2ccc(Br)cc2)C1. The van der Waals surface area contributed by atoms with Gasteiger partial charge in [0.2, 0.25) is 5.91 Å². The Labute approximate surface area is 122 Å². The Morgan fingerprint density at radius 1 is 1.32 bits per heavy atom. The molecule has 4 heteroatoms.